The van der Waals surface area contributed by atoms with Crippen LogP contribution in [0, 0.1) is 5.82 Å². The fraction of sp³-hybridized carbons (Fsp3) is 0.320. The molecular formula is C25H25FN6O3. The van der Waals surface area contributed by atoms with Gasteiger partial charge in [-0.2, -0.15) is 5.10 Å². The summed E-state index contributed by atoms with van der Waals surface area (Å²) >= 11 is 0. The lowest BCUT2D eigenvalue weighted by atomic mass is 9.96. The van der Waals surface area contributed by atoms with Crippen molar-refractivity contribution < 1.29 is 26.3 Å². The number of rotatable bonds is 3. The minimum Gasteiger partial charge on any atom is -0.505 e. The first-order chi connectivity index (χ1) is 18.8. The van der Waals surface area contributed by atoms with E-state index in [-0.39, 0.29) is 17.2 Å². The highest BCUT2D eigenvalue weighted by Crippen LogP contribution is 2.34. The molecule has 0 saturated carbocycles. The zero-order valence-electron chi connectivity index (χ0n) is 23.5. The van der Waals surface area contributed by atoms with Gasteiger partial charge in [-0.05, 0) is 53.7 Å². The number of urea groups is 1. The number of aliphatic hydroxyl groups is 1. The molecule has 0 radical (unpaired) electrons. The lowest BCUT2D eigenvalue weighted by Gasteiger charge is -2.23. The van der Waals surface area contributed by atoms with Crippen LogP contribution in [0.1, 0.15) is 37.1 Å². The van der Waals surface area contributed by atoms with E-state index in [4.69, 9.17) is 6.85 Å². The van der Waals surface area contributed by atoms with Crippen molar-refractivity contribution in [3.8, 4) is 28.4 Å². The number of carbonyl (C=O) groups is 1. The van der Waals surface area contributed by atoms with Crippen LogP contribution >= 0.6 is 0 Å². The third-order valence-corrected chi connectivity index (χ3v) is 6.58. The second kappa shape index (κ2) is 8.09. The fourth-order valence-corrected chi connectivity index (χ4v) is 4.77. The van der Waals surface area contributed by atoms with Crippen LogP contribution in [-0.4, -0.2) is 65.4 Å². The number of nitrogens with zero attached hydrogens (tertiary/aromatic N) is 4. The Morgan fingerprint density at radius 3 is 2.97 bits per heavy atom. The number of hydrogen-bond donors (Lipinski definition) is 4. The molecule has 4 heterocycles. The summed E-state index contributed by atoms with van der Waals surface area (Å²) in [6.45, 7) is -1.55. The molecule has 0 bridgehead atoms. The van der Waals surface area contributed by atoms with Gasteiger partial charge in [-0.3, -0.25) is 5.10 Å². The quantitative estimate of drug-likeness (QED) is 0.357. The van der Waals surface area contributed by atoms with Gasteiger partial charge in [-0.1, -0.05) is 12.9 Å². The number of amides is 2. The lowest BCUT2D eigenvalue weighted by Crippen LogP contribution is -2.39. The van der Waals surface area contributed by atoms with Crippen molar-refractivity contribution in [1.82, 2.24) is 30.0 Å². The Morgan fingerprint density at radius 1 is 1.31 bits per heavy atom. The zero-order valence-corrected chi connectivity index (χ0v) is 18.5. The van der Waals surface area contributed by atoms with Gasteiger partial charge in [0.15, 0.2) is 17.4 Å². The first kappa shape index (κ1) is 16.7. The molecule has 4 N–H and O–H groups in total. The van der Waals surface area contributed by atoms with Crippen molar-refractivity contribution in [2.24, 2.45) is 0 Å². The zero-order chi connectivity index (χ0) is 28.6. The number of carbonyl (C=O) groups excluding carboxylic acids is 1. The summed E-state index contributed by atoms with van der Waals surface area (Å²) < 4.78 is 53.6. The predicted octanol–water partition coefficient (Wildman–Crippen LogP) is 3.53. The van der Waals surface area contributed by atoms with Crippen LogP contribution in [-0.2, 0) is 19.5 Å². The predicted molar refractivity (Wildman–Crippen MR) is 127 cm³/mol. The van der Waals surface area contributed by atoms with Gasteiger partial charge in [0, 0.05) is 25.3 Å². The topological polar surface area (TPSA) is 121 Å². The number of H-pyrrole nitrogens is 2. The first-order valence-corrected chi connectivity index (χ1v) is 11.1. The van der Waals surface area contributed by atoms with Gasteiger partial charge < -0.3 is 25.0 Å². The molecule has 0 aliphatic carbocycles. The molecule has 4 aromatic rings. The average molecular weight is 482 g/mol. The minimum absolute atomic E-state index is 0.0123. The van der Waals surface area contributed by atoms with Gasteiger partial charge in [0.05, 0.1) is 36.1 Å². The van der Waals surface area contributed by atoms with E-state index in [0.717, 1.165) is 17.8 Å². The molecule has 2 aromatic carbocycles. The summed E-state index contributed by atoms with van der Waals surface area (Å²) in [6.07, 6.45) is -2.79. The maximum atomic E-state index is 14.3. The Bertz CT molecular complexity index is 1630. The molecule has 1 fully saturated rings. The van der Waals surface area contributed by atoms with Gasteiger partial charge in [0.25, 0.3) is 0 Å². The highest BCUT2D eigenvalue weighted by Gasteiger charge is 2.33. The van der Waals surface area contributed by atoms with E-state index in [1.165, 1.54) is 0 Å². The Hall–Kier alpha value is -3.92. The lowest BCUT2D eigenvalue weighted by molar-refractivity contribution is 0.145. The molecule has 9 nitrogen and oxygen atoms in total. The van der Waals surface area contributed by atoms with Gasteiger partial charge in [-0.15, -0.1) is 0 Å². The summed E-state index contributed by atoms with van der Waals surface area (Å²) in [5, 5.41) is 27.5. The average Bonchev–Trinajstić information content (AvgIpc) is 3.66. The Labute approximate surface area is 207 Å². The van der Waals surface area contributed by atoms with Crippen molar-refractivity contribution in [3.05, 3.63) is 53.1 Å². The summed E-state index contributed by atoms with van der Waals surface area (Å²) in [4.78, 5) is 23.9. The summed E-state index contributed by atoms with van der Waals surface area (Å²) in [6, 6.07) is 6.45. The number of fused-ring (bicyclic) bond motifs is 2. The number of aromatic hydroxyl groups is 1. The molecule has 1 saturated heterocycles. The molecule has 10 heteroatoms. The highest BCUT2D eigenvalue weighted by molar-refractivity contribution is 5.94. The van der Waals surface area contributed by atoms with Crippen molar-refractivity contribution in [2.45, 2.75) is 38.8 Å². The van der Waals surface area contributed by atoms with E-state index in [1.54, 1.807) is 28.0 Å². The summed E-state index contributed by atoms with van der Waals surface area (Å²) in [5.74, 6) is -1.37. The number of hydrogen-bond acceptors (Lipinski definition) is 5. The number of aliphatic hydroxyl groups excluding tert-OH is 1. The number of imidazole rings is 1. The monoisotopic (exact) mass is 481 g/mol. The number of halogens is 1. The molecule has 6 rings (SSSR count). The van der Waals surface area contributed by atoms with Crippen molar-refractivity contribution >= 4 is 16.9 Å². The number of β-amino-alcohol motifs (C(OH)–C–C–N with tert-alkyl or cyclic N) is 1. The standard InChI is InChI=1S/C25H25FN6O3/c1-2-13-8-22(34)18(26)9-17(13)14-3-4-16-19(7-14)29-30-23(16)24-27-20-11-32(12-21(20)28-24)25(35)31-6-5-15(33)10-31/h3-4,7-9,15,33-34H,2,5-6,10-12H2,1H3,(H,27,28)(H,29,30)/t15-/m0/s1/i1D3,2D2. The number of phenols is 1. The summed E-state index contributed by atoms with van der Waals surface area (Å²) in [7, 11) is 0. The van der Waals surface area contributed by atoms with E-state index in [0.29, 0.717) is 66.3 Å². The molecule has 2 aliphatic heterocycles. The van der Waals surface area contributed by atoms with E-state index >= 15 is 0 Å². The number of benzene rings is 2. The minimum atomic E-state index is -3.06. The Kier molecular flexibility index (Phi) is 3.85. The van der Waals surface area contributed by atoms with Crippen molar-refractivity contribution in [2.75, 3.05) is 13.1 Å². The third kappa shape index (κ3) is 3.61. The van der Waals surface area contributed by atoms with E-state index in [1.807, 2.05) is 0 Å². The molecule has 35 heavy (non-hydrogen) atoms. The summed E-state index contributed by atoms with van der Waals surface area (Å²) in [5.41, 5.74) is 2.47. The molecule has 2 aromatic heterocycles. The van der Waals surface area contributed by atoms with Gasteiger partial charge in [0.1, 0.15) is 5.69 Å². The smallest absolute Gasteiger partial charge is 0.320 e. The molecule has 180 valence electrons. The van der Waals surface area contributed by atoms with Gasteiger partial charge >= 0.3 is 6.03 Å². The van der Waals surface area contributed by atoms with Crippen LogP contribution in [0.2, 0.25) is 0 Å². The second-order valence-electron chi connectivity index (χ2n) is 8.84. The fourth-order valence-electron chi connectivity index (χ4n) is 4.77. The molecule has 0 unspecified atom stereocenters. The Balaban J connectivity index is 1.30. The van der Waals surface area contributed by atoms with Crippen molar-refractivity contribution in [1.29, 1.82) is 0 Å². The maximum absolute atomic E-state index is 14.3. The van der Waals surface area contributed by atoms with Crippen LogP contribution in [0.15, 0.2) is 30.3 Å². The first-order valence-electron chi connectivity index (χ1n) is 13.6. The maximum Gasteiger partial charge on any atom is 0.320 e. The normalized spacial score (nSPS) is 20.4. The Morgan fingerprint density at radius 2 is 2.20 bits per heavy atom. The number of aromatic amines is 2. The molecule has 2 amide bonds. The number of aromatic nitrogens is 4. The third-order valence-electron chi connectivity index (χ3n) is 6.58. The van der Waals surface area contributed by atoms with E-state index in [9.17, 15) is 19.4 Å². The number of aryl methyl sites for hydroxylation is 1. The van der Waals surface area contributed by atoms with Crippen molar-refractivity contribution in [3.63, 3.8) is 0 Å². The van der Waals surface area contributed by atoms with Crippen LogP contribution in [0.4, 0.5) is 9.18 Å². The molecule has 1 atom stereocenters. The SMILES string of the molecule is [2H]C([2H])([2H])C([2H])([2H])c1cc(O)c(F)cc1-c1ccc2c(-c3nc4c([nH]3)CN(C(=O)N3CC[C@H](O)C3)C4)n[nH]c2c1. The van der Waals surface area contributed by atoms with Gasteiger partial charge in [0.2, 0.25) is 0 Å². The van der Waals surface area contributed by atoms with Crippen LogP contribution < -0.4 is 0 Å². The second-order valence-corrected chi connectivity index (χ2v) is 8.84. The van der Waals surface area contributed by atoms with Crippen LogP contribution in [0.3, 0.4) is 0 Å². The molecule has 2 aliphatic rings. The number of nitrogens with one attached hydrogen (secondary N) is 2. The highest BCUT2D eigenvalue weighted by atomic mass is 19.1. The van der Waals surface area contributed by atoms with Crippen LogP contribution in [0.25, 0.3) is 33.5 Å². The van der Waals surface area contributed by atoms with Gasteiger partial charge in [-0.25, -0.2) is 14.2 Å². The van der Waals surface area contributed by atoms with Crippen LogP contribution in [0.5, 0.6) is 5.75 Å². The number of phenolic OH excluding ortho intramolecular Hbond substituents is 1. The van der Waals surface area contributed by atoms with E-state index in [2.05, 4.69) is 20.2 Å². The largest absolute Gasteiger partial charge is 0.505 e. The molecule has 0 spiro atoms. The molecular weight excluding hydrogens is 451 g/mol. The number of likely N-dealkylation sites (tertiary alicyclic amines) is 1. The van der Waals surface area contributed by atoms with E-state index < -0.39 is 30.9 Å².